The van der Waals surface area contributed by atoms with Crippen molar-refractivity contribution in [1.82, 2.24) is 0 Å². The molecule has 4 rings (SSSR count). The van der Waals surface area contributed by atoms with Gasteiger partial charge in [-0.05, 0) is 72.0 Å². The van der Waals surface area contributed by atoms with Crippen LogP contribution in [0.15, 0.2) is 66.7 Å². The first-order valence-corrected chi connectivity index (χ1v) is 9.20. The summed E-state index contributed by atoms with van der Waals surface area (Å²) in [6, 6.07) is 20.7. The van der Waals surface area contributed by atoms with Gasteiger partial charge in [0.1, 0.15) is 6.04 Å². The van der Waals surface area contributed by atoms with Gasteiger partial charge in [0, 0.05) is 16.9 Å². The third-order valence-electron chi connectivity index (χ3n) is 5.01. The van der Waals surface area contributed by atoms with Crippen LogP contribution in [0, 0.1) is 0 Å². The SMILES string of the molecule is C[C@@H](Nc1ccc2c(c1)Cc1ccccc1-2)C(=O)Nc1ccc(C(N)=O)cc1. The smallest absolute Gasteiger partial charge is 0.248 e. The lowest BCUT2D eigenvalue weighted by Crippen LogP contribution is -2.31. The first kappa shape index (κ1) is 17.8. The van der Waals surface area contributed by atoms with Crippen LogP contribution in [0.1, 0.15) is 28.4 Å². The Hall–Kier alpha value is -3.60. The normalized spacial score (nSPS) is 12.6. The number of carbonyl (C=O) groups excluding carboxylic acids is 2. The second kappa shape index (κ2) is 7.19. The Morgan fingerprint density at radius 3 is 2.32 bits per heavy atom. The molecule has 0 bridgehead atoms. The summed E-state index contributed by atoms with van der Waals surface area (Å²) in [5.41, 5.74) is 12.3. The number of fused-ring (bicyclic) bond motifs is 3. The van der Waals surface area contributed by atoms with Gasteiger partial charge in [-0.25, -0.2) is 0 Å². The number of carbonyl (C=O) groups is 2. The number of amides is 2. The van der Waals surface area contributed by atoms with E-state index in [1.807, 2.05) is 13.0 Å². The van der Waals surface area contributed by atoms with Gasteiger partial charge in [0.2, 0.25) is 11.8 Å². The maximum atomic E-state index is 12.5. The van der Waals surface area contributed by atoms with E-state index in [0.29, 0.717) is 11.3 Å². The molecular weight excluding hydrogens is 350 g/mol. The molecule has 2 amide bonds. The number of nitrogens with two attached hydrogens (primary N) is 1. The predicted molar refractivity (Wildman–Crippen MR) is 111 cm³/mol. The van der Waals surface area contributed by atoms with Gasteiger partial charge in [0.15, 0.2) is 0 Å². The van der Waals surface area contributed by atoms with Crippen molar-refractivity contribution >= 4 is 23.2 Å². The van der Waals surface area contributed by atoms with Crippen LogP contribution in [0.4, 0.5) is 11.4 Å². The van der Waals surface area contributed by atoms with Crippen LogP contribution < -0.4 is 16.4 Å². The number of primary amides is 1. The molecule has 1 aliphatic rings. The number of benzene rings is 3. The zero-order valence-electron chi connectivity index (χ0n) is 15.5. The molecule has 0 aliphatic heterocycles. The topological polar surface area (TPSA) is 84.2 Å². The lowest BCUT2D eigenvalue weighted by Gasteiger charge is -2.16. The number of anilines is 2. The molecule has 1 aliphatic carbocycles. The largest absolute Gasteiger partial charge is 0.374 e. The van der Waals surface area contributed by atoms with Crippen molar-refractivity contribution in [2.75, 3.05) is 10.6 Å². The summed E-state index contributed by atoms with van der Waals surface area (Å²) in [5, 5.41) is 6.10. The minimum atomic E-state index is -0.494. The number of nitrogens with one attached hydrogen (secondary N) is 2. The van der Waals surface area contributed by atoms with Crippen molar-refractivity contribution in [3.05, 3.63) is 83.4 Å². The Labute approximate surface area is 163 Å². The number of rotatable bonds is 5. The van der Waals surface area contributed by atoms with Crippen molar-refractivity contribution < 1.29 is 9.59 Å². The van der Waals surface area contributed by atoms with E-state index < -0.39 is 11.9 Å². The molecule has 0 radical (unpaired) electrons. The first-order chi connectivity index (χ1) is 13.5. The minimum absolute atomic E-state index is 0.157. The van der Waals surface area contributed by atoms with Crippen LogP contribution in [-0.4, -0.2) is 17.9 Å². The molecule has 0 spiro atoms. The second-order valence-electron chi connectivity index (χ2n) is 7.00. The van der Waals surface area contributed by atoms with Gasteiger partial charge < -0.3 is 16.4 Å². The fourth-order valence-electron chi connectivity index (χ4n) is 3.52. The summed E-state index contributed by atoms with van der Waals surface area (Å²) in [7, 11) is 0. The van der Waals surface area contributed by atoms with E-state index in [0.717, 1.165) is 12.1 Å². The highest BCUT2D eigenvalue weighted by Crippen LogP contribution is 2.37. The lowest BCUT2D eigenvalue weighted by atomic mass is 10.1. The Balaban J connectivity index is 1.42. The third-order valence-corrected chi connectivity index (χ3v) is 5.01. The van der Waals surface area contributed by atoms with E-state index in [1.165, 1.54) is 22.3 Å². The zero-order chi connectivity index (χ0) is 19.7. The summed E-state index contributed by atoms with van der Waals surface area (Å²) in [4.78, 5) is 23.6. The maximum absolute atomic E-state index is 12.5. The molecule has 4 N–H and O–H groups in total. The highest BCUT2D eigenvalue weighted by molar-refractivity contribution is 5.97. The summed E-state index contributed by atoms with van der Waals surface area (Å²) in [6.45, 7) is 1.81. The summed E-state index contributed by atoms with van der Waals surface area (Å²) >= 11 is 0. The molecule has 0 heterocycles. The Bertz CT molecular complexity index is 1060. The summed E-state index contributed by atoms with van der Waals surface area (Å²) in [6.07, 6.45) is 0.911. The molecule has 28 heavy (non-hydrogen) atoms. The fraction of sp³-hybridized carbons (Fsp3) is 0.130. The van der Waals surface area contributed by atoms with Crippen LogP contribution in [0.25, 0.3) is 11.1 Å². The fourth-order valence-corrected chi connectivity index (χ4v) is 3.52. The van der Waals surface area contributed by atoms with Gasteiger partial charge >= 0.3 is 0 Å². The first-order valence-electron chi connectivity index (χ1n) is 9.20. The van der Waals surface area contributed by atoms with E-state index >= 15 is 0 Å². The van der Waals surface area contributed by atoms with Crippen LogP contribution >= 0.6 is 0 Å². The van der Waals surface area contributed by atoms with Gasteiger partial charge in [-0.15, -0.1) is 0 Å². The molecule has 0 aromatic heterocycles. The Morgan fingerprint density at radius 2 is 1.57 bits per heavy atom. The monoisotopic (exact) mass is 371 g/mol. The average Bonchev–Trinajstić information content (AvgIpc) is 3.06. The summed E-state index contributed by atoms with van der Waals surface area (Å²) in [5.74, 6) is -0.651. The van der Waals surface area contributed by atoms with Crippen LogP contribution in [0.3, 0.4) is 0 Å². The zero-order valence-corrected chi connectivity index (χ0v) is 15.5. The van der Waals surface area contributed by atoms with Gasteiger partial charge in [-0.3, -0.25) is 9.59 Å². The van der Waals surface area contributed by atoms with E-state index in [1.54, 1.807) is 24.3 Å². The van der Waals surface area contributed by atoms with Crippen molar-refractivity contribution in [3.8, 4) is 11.1 Å². The molecule has 0 unspecified atom stereocenters. The van der Waals surface area contributed by atoms with Crippen molar-refractivity contribution in [2.45, 2.75) is 19.4 Å². The minimum Gasteiger partial charge on any atom is -0.374 e. The molecule has 1 atom stereocenters. The molecule has 0 saturated carbocycles. The molecule has 5 nitrogen and oxygen atoms in total. The van der Waals surface area contributed by atoms with Crippen LogP contribution in [-0.2, 0) is 11.2 Å². The van der Waals surface area contributed by atoms with Crippen molar-refractivity contribution in [3.63, 3.8) is 0 Å². The average molecular weight is 371 g/mol. The van der Waals surface area contributed by atoms with E-state index in [-0.39, 0.29) is 5.91 Å². The number of hydrogen-bond donors (Lipinski definition) is 3. The molecule has 0 fully saturated rings. The molecule has 3 aromatic carbocycles. The molecule has 0 saturated heterocycles. The van der Waals surface area contributed by atoms with E-state index in [4.69, 9.17) is 5.73 Å². The van der Waals surface area contributed by atoms with Gasteiger partial charge in [-0.1, -0.05) is 30.3 Å². The molecule has 3 aromatic rings. The van der Waals surface area contributed by atoms with Gasteiger partial charge in [0.25, 0.3) is 0 Å². The highest BCUT2D eigenvalue weighted by atomic mass is 16.2. The Kier molecular flexibility index (Phi) is 4.57. The quantitative estimate of drug-likeness (QED) is 0.499. The third kappa shape index (κ3) is 3.47. The van der Waals surface area contributed by atoms with Crippen molar-refractivity contribution in [2.24, 2.45) is 5.73 Å². The predicted octanol–water partition coefficient (Wildman–Crippen LogP) is 3.80. The molecule has 5 heteroatoms. The molecular formula is C23H21N3O2. The Morgan fingerprint density at radius 1 is 0.893 bits per heavy atom. The van der Waals surface area contributed by atoms with Gasteiger partial charge in [0.05, 0.1) is 0 Å². The van der Waals surface area contributed by atoms with E-state index in [2.05, 4.69) is 47.0 Å². The maximum Gasteiger partial charge on any atom is 0.248 e. The highest BCUT2D eigenvalue weighted by Gasteiger charge is 2.19. The second-order valence-corrected chi connectivity index (χ2v) is 7.00. The van der Waals surface area contributed by atoms with Gasteiger partial charge in [-0.2, -0.15) is 0 Å². The van der Waals surface area contributed by atoms with E-state index in [9.17, 15) is 9.59 Å². The van der Waals surface area contributed by atoms with Crippen molar-refractivity contribution in [1.29, 1.82) is 0 Å². The summed E-state index contributed by atoms with van der Waals surface area (Å²) < 4.78 is 0. The van der Waals surface area contributed by atoms with Crippen LogP contribution in [0.2, 0.25) is 0 Å². The lowest BCUT2D eigenvalue weighted by molar-refractivity contribution is -0.116. The standard InChI is InChI=1S/C23H21N3O2/c1-14(23(28)26-18-8-6-15(7-9-18)22(24)27)25-19-10-11-21-17(13-19)12-16-4-2-3-5-20(16)21/h2-11,13-14,25H,12H2,1H3,(H2,24,27)(H,26,28)/t14-/m1/s1. The van der Waals surface area contributed by atoms with Crippen LogP contribution in [0.5, 0.6) is 0 Å². The molecule has 140 valence electrons. The number of hydrogen-bond acceptors (Lipinski definition) is 3.